The number of aromatic amines is 1. The van der Waals surface area contributed by atoms with E-state index in [4.69, 9.17) is 5.73 Å². The number of Topliss-reactive ketones (excluding diaryl/α,β-unsaturated/α-hetero) is 1. The number of nitrogens with one attached hydrogen (secondary N) is 2. The number of rotatable bonds is 4. The molecule has 0 aliphatic heterocycles. The lowest BCUT2D eigenvalue weighted by atomic mass is 10.1. The van der Waals surface area contributed by atoms with Crippen LogP contribution in [0.1, 0.15) is 39.4 Å². The van der Waals surface area contributed by atoms with Gasteiger partial charge in [-0.3, -0.25) is 14.4 Å². The van der Waals surface area contributed by atoms with Crippen LogP contribution >= 0.6 is 11.3 Å². The molecule has 0 aliphatic carbocycles. The van der Waals surface area contributed by atoms with E-state index in [0.29, 0.717) is 20.8 Å². The standard InChI is InChI=1S/C18H17N3O3S/c1-3-10-4-6-11(7-5-10)20-17(24)15-14(19)13-8-12(9(2)22)16(23)21-18(13)25-15/h4-8H,3,19H2,1-2H3,(H,20,24)(H,21,23). The minimum atomic E-state index is -0.483. The van der Waals surface area contributed by atoms with Crippen molar-refractivity contribution in [1.82, 2.24) is 4.98 Å². The number of amides is 1. The summed E-state index contributed by atoms with van der Waals surface area (Å²) in [6, 6.07) is 8.99. The van der Waals surface area contributed by atoms with Gasteiger partial charge >= 0.3 is 0 Å². The summed E-state index contributed by atoms with van der Waals surface area (Å²) in [4.78, 5) is 39.3. The third-order valence-corrected chi connectivity index (χ3v) is 5.09. The zero-order chi connectivity index (χ0) is 18.1. The Labute approximate surface area is 147 Å². The van der Waals surface area contributed by atoms with Crippen LogP contribution in [-0.4, -0.2) is 16.7 Å². The van der Waals surface area contributed by atoms with Gasteiger partial charge in [0, 0.05) is 11.1 Å². The van der Waals surface area contributed by atoms with Crippen LogP contribution in [0.2, 0.25) is 0 Å². The largest absolute Gasteiger partial charge is 0.397 e. The van der Waals surface area contributed by atoms with Crippen LogP contribution in [0.25, 0.3) is 10.2 Å². The van der Waals surface area contributed by atoms with Crippen molar-refractivity contribution in [3.8, 4) is 0 Å². The van der Waals surface area contributed by atoms with Crippen molar-refractivity contribution in [2.45, 2.75) is 20.3 Å². The first kappa shape index (κ1) is 16.9. The number of pyridine rings is 1. The fraction of sp³-hybridized carbons (Fsp3) is 0.167. The van der Waals surface area contributed by atoms with Crippen molar-refractivity contribution in [2.75, 3.05) is 11.1 Å². The Morgan fingerprint density at radius 2 is 1.92 bits per heavy atom. The molecule has 0 fully saturated rings. The number of aryl methyl sites for hydroxylation is 1. The summed E-state index contributed by atoms with van der Waals surface area (Å²) < 4.78 is 0. The molecule has 1 aromatic carbocycles. The van der Waals surface area contributed by atoms with E-state index in [1.54, 1.807) is 0 Å². The summed E-state index contributed by atoms with van der Waals surface area (Å²) in [5, 5.41) is 3.30. The highest BCUT2D eigenvalue weighted by Crippen LogP contribution is 2.32. The molecule has 128 valence electrons. The number of H-pyrrole nitrogens is 1. The molecule has 3 rings (SSSR count). The van der Waals surface area contributed by atoms with E-state index in [0.717, 1.165) is 17.8 Å². The second kappa shape index (κ2) is 6.52. The molecule has 4 N–H and O–H groups in total. The normalized spacial score (nSPS) is 10.8. The minimum Gasteiger partial charge on any atom is -0.397 e. The molecule has 3 aromatic rings. The van der Waals surface area contributed by atoms with E-state index in [1.165, 1.54) is 18.6 Å². The van der Waals surface area contributed by atoms with Gasteiger partial charge in [-0.15, -0.1) is 11.3 Å². The van der Waals surface area contributed by atoms with Gasteiger partial charge in [-0.1, -0.05) is 19.1 Å². The number of carbonyl (C=O) groups is 2. The Balaban J connectivity index is 1.97. The lowest BCUT2D eigenvalue weighted by molar-refractivity contribution is 0.101. The summed E-state index contributed by atoms with van der Waals surface area (Å²) >= 11 is 1.09. The molecular weight excluding hydrogens is 338 g/mol. The van der Waals surface area contributed by atoms with Crippen molar-refractivity contribution in [3.63, 3.8) is 0 Å². The van der Waals surface area contributed by atoms with E-state index in [-0.39, 0.29) is 22.9 Å². The molecule has 0 atom stereocenters. The Morgan fingerprint density at radius 1 is 1.24 bits per heavy atom. The van der Waals surface area contributed by atoms with Gasteiger partial charge in [-0.2, -0.15) is 0 Å². The third-order valence-electron chi connectivity index (χ3n) is 3.95. The molecular formula is C18H17N3O3S. The van der Waals surface area contributed by atoms with E-state index in [1.807, 2.05) is 24.3 Å². The van der Waals surface area contributed by atoms with Crippen LogP contribution < -0.4 is 16.6 Å². The molecule has 0 unspecified atom stereocenters. The minimum absolute atomic E-state index is 0.0270. The van der Waals surface area contributed by atoms with Crippen molar-refractivity contribution >= 4 is 44.6 Å². The molecule has 1 amide bonds. The number of hydrogen-bond acceptors (Lipinski definition) is 5. The zero-order valence-electron chi connectivity index (χ0n) is 13.8. The van der Waals surface area contributed by atoms with Crippen LogP contribution in [0.15, 0.2) is 35.1 Å². The van der Waals surface area contributed by atoms with Gasteiger partial charge in [0.05, 0.1) is 11.3 Å². The van der Waals surface area contributed by atoms with Gasteiger partial charge in [0.1, 0.15) is 9.71 Å². The molecule has 0 radical (unpaired) electrons. The lowest BCUT2D eigenvalue weighted by Crippen LogP contribution is -2.15. The molecule has 2 heterocycles. The highest BCUT2D eigenvalue weighted by molar-refractivity contribution is 7.21. The number of nitrogens with two attached hydrogens (primary N) is 1. The highest BCUT2D eigenvalue weighted by atomic mass is 32.1. The van der Waals surface area contributed by atoms with Crippen molar-refractivity contribution in [2.24, 2.45) is 0 Å². The van der Waals surface area contributed by atoms with Gasteiger partial charge in [0.2, 0.25) is 0 Å². The van der Waals surface area contributed by atoms with Gasteiger partial charge in [-0.25, -0.2) is 0 Å². The number of nitrogen functional groups attached to an aromatic ring is 1. The van der Waals surface area contributed by atoms with E-state index in [9.17, 15) is 14.4 Å². The van der Waals surface area contributed by atoms with E-state index >= 15 is 0 Å². The van der Waals surface area contributed by atoms with E-state index in [2.05, 4.69) is 17.2 Å². The average Bonchev–Trinajstić information content (AvgIpc) is 2.90. The fourth-order valence-corrected chi connectivity index (χ4v) is 3.51. The van der Waals surface area contributed by atoms with Crippen LogP contribution in [0, 0.1) is 0 Å². The molecule has 2 aromatic heterocycles. The predicted octanol–water partition coefficient (Wildman–Crippen LogP) is 3.19. The highest BCUT2D eigenvalue weighted by Gasteiger charge is 2.19. The molecule has 0 spiro atoms. The molecule has 0 saturated carbocycles. The van der Waals surface area contributed by atoms with Crippen molar-refractivity contribution in [1.29, 1.82) is 0 Å². The second-order valence-corrected chi connectivity index (χ2v) is 6.68. The van der Waals surface area contributed by atoms with Gasteiger partial charge in [0.15, 0.2) is 5.78 Å². The topological polar surface area (TPSA) is 105 Å². The number of hydrogen-bond donors (Lipinski definition) is 3. The summed E-state index contributed by atoms with van der Waals surface area (Å²) in [7, 11) is 0. The molecule has 6 nitrogen and oxygen atoms in total. The maximum absolute atomic E-state index is 12.5. The van der Waals surface area contributed by atoms with Crippen LogP contribution in [0.5, 0.6) is 0 Å². The van der Waals surface area contributed by atoms with Crippen molar-refractivity contribution < 1.29 is 9.59 Å². The predicted molar refractivity (Wildman–Crippen MR) is 101 cm³/mol. The maximum atomic E-state index is 12.5. The molecule has 0 saturated heterocycles. The Morgan fingerprint density at radius 3 is 2.52 bits per heavy atom. The smallest absolute Gasteiger partial charge is 0.267 e. The van der Waals surface area contributed by atoms with Gasteiger partial charge in [-0.05, 0) is 37.1 Å². The molecule has 25 heavy (non-hydrogen) atoms. The van der Waals surface area contributed by atoms with Crippen LogP contribution in [0.3, 0.4) is 0 Å². The number of ketones is 1. The zero-order valence-corrected chi connectivity index (χ0v) is 14.6. The van der Waals surface area contributed by atoms with E-state index < -0.39 is 5.56 Å². The lowest BCUT2D eigenvalue weighted by Gasteiger charge is -2.05. The maximum Gasteiger partial charge on any atom is 0.267 e. The van der Waals surface area contributed by atoms with Gasteiger partial charge in [0.25, 0.3) is 11.5 Å². The number of fused-ring (bicyclic) bond motifs is 1. The summed E-state index contributed by atoms with van der Waals surface area (Å²) in [6.07, 6.45) is 0.920. The number of anilines is 2. The molecule has 0 bridgehead atoms. The monoisotopic (exact) mass is 355 g/mol. The van der Waals surface area contributed by atoms with Gasteiger partial charge < -0.3 is 16.0 Å². The number of carbonyl (C=O) groups excluding carboxylic acids is 2. The van der Waals surface area contributed by atoms with Crippen LogP contribution in [-0.2, 0) is 6.42 Å². The average molecular weight is 355 g/mol. The summed E-state index contributed by atoms with van der Waals surface area (Å²) in [5.74, 6) is -0.705. The number of benzene rings is 1. The number of aromatic nitrogens is 1. The molecule has 0 aliphatic rings. The molecule has 7 heteroatoms. The number of thiophene rings is 1. The Bertz CT molecular complexity index is 1030. The summed E-state index contributed by atoms with van der Waals surface area (Å²) in [6.45, 7) is 3.37. The first-order chi connectivity index (χ1) is 11.9. The second-order valence-electron chi connectivity index (χ2n) is 5.66. The Kier molecular flexibility index (Phi) is 4.41. The van der Waals surface area contributed by atoms with Crippen molar-refractivity contribution in [3.05, 3.63) is 56.7 Å². The fourth-order valence-electron chi connectivity index (χ4n) is 2.51. The third kappa shape index (κ3) is 3.18. The Hall–Kier alpha value is -2.93. The quantitative estimate of drug-likeness (QED) is 0.625. The first-order valence-electron chi connectivity index (χ1n) is 7.77. The first-order valence-corrected chi connectivity index (χ1v) is 8.59. The van der Waals surface area contributed by atoms with Crippen LogP contribution in [0.4, 0.5) is 11.4 Å². The SMILES string of the molecule is CCc1ccc(NC(=O)c2sc3[nH]c(=O)c(C(C)=O)cc3c2N)cc1. The summed E-state index contributed by atoms with van der Waals surface area (Å²) in [5.41, 5.74) is 7.71.